The molecule has 120 valence electrons. The van der Waals surface area contributed by atoms with Crippen LogP contribution in [0.15, 0.2) is 0 Å². The predicted octanol–water partition coefficient (Wildman–Crippen LogP) is 1.77. The Morgan fingerprint density at radius 1 is 1.20 bits per heavy atom. The molecule has 1 saturated heterocycles. The Morgan fingerprint density at radius 3 is 2.35 bits per heavy atom. The van der Waals surface area contributed by atoms with Crippen LogP contribution in [0.1, 0.15) is 41.0 Å². The van der Waals surface area contributed by atoms with Gasteiger partial charge in [-0.25, -0.2) is 8.42 Å². The van der Waals surface area contributed by atoms with Crippen molar-refractivity contribution in [1.29, 1.82) is 0 Å². The quantitative estimate of drug-likeness (QED) is 0.779. The third-order valence-corrected chi connectivity index (χ3v) is 6.19. The Bertz CT molecular complexity index is 379. The van der Waals surface area contributed by atoms with E-state index in [1.54, 1.807) is 6.92 Å². The van der Waals surface area contributed by atoms with Crippen molar-refractivity contribution in [3.63, 3.8) is 0 Å². The molecule has 1 aliphatic heterocycles. The molecule has 0 aromatic rings. The van der Waals surface area contributed by atoms with Crippen LogP contribution in [0.2, 0.25) is 0 Å². The molecule has 0 aromatic heterocycles. The van der Waals surface area contributed by atoms with Gasteiger partial charge in [-0.15, -0.1) is 0 Å². The van der Waals surface area contributed by atoms with E-state index in [0.717, 1.165) is 26.1 Å². The van der Waals surface area contributed by atoms with Crippen molar-refractivity contribution in [2.75, 3.05) is 31.1 Å². The highest BCUT2D eigenvalue weighted by Crippen LogP contribution is 2.18. The molecule has 0 aliphatic carbocycles. The fourth-order valence-corrected chi connectivity index (χ4v) is 3.70. The maximum atomic E-state index is 11.6. The molecule has 1 heterocycles. The highest BCUT2D eigenvalue weighted by Gasteiger charge is 2.30. The van der Waals surface area contributed by atoms with E-state index in [9.17, 15) is 8.42 Å². The highest BCUT2D eigenvalue weighted by atomic mass is 32.2. The summed E-state index contributed by atoms with van der Waals surface area (Å²) in [5.74, 6) is 1.80. The van der Waals surface area contributed by atoms with Crippen LogP contribution in [0.5, 0.6) is 0 Å². The predicted molar refractivity (Wildman–Crippen MR) is 85.8 cm³/mol. The summed E-state index contributed by atoms with van der Waals surface area (Å²) in [5.41, 5.74) is 0. The van der Waals surface area contributed by atoms with Gasteiger partial charge in [0.2, 0.25) is 0 Å². The largest absolute Gasteiger partial charge is 0.311 e. The minimum Gasteiger partial charge on any atom is -0.311 e. The number of rotatable bonds is 7. The molecule has 20 heavy (non-hydrogen) atoms. The van der Waals surface area contributed by atoms with Gasteiger partial charge in [0.25, 0.3) is 0 Å². The first-order chi connectivity index (χ1) is 9.26. The normalized spacial score (nSPS) is 25.6. The average molecular weight is 305 g/mol. The molecule has 0 amide bonds. The zero-order valence-electron chi connectivity index (χ0n) is 13.7. The standard InChI is InChI=1S/C15H32N2O2S/c1-6-20(18,19)9-7-8-17-11-14(12(2)3)16-10-15(17)13(4)5/h12-16H,6-11H2,1-5H3. The van der Waals surface area contributed by atoms with Gasteiger partial charge in [0.15, 0.2) is 0 Å². The Labute approximate surface area is 125 Å². The first-order valence-corrected chi connectivity index (χ1v) is 9.76. The molecule has 2 unspecified atom stereocenters. The second-order valence-electron chi connectivity index (χ2n) is 6.65. The number of sulfone groups is 1. The molecule has 2 atom stereocenters. The van der Waals surface area contributed by atoms with Gasteiger partial charge in [0.05, 0.1) is 5.75 Å². The summed E-state index contributed by atoms with van der Waals surface area (Å²) in [5, 5.41) is 3.64. The molecular weight excluding hydrogens is 272 g/mol. The summed E-state index contributed by atoms with van der Waals surface area (Å²) in [6.45, 7) is 13.7. The Hall–Kier alpha value is -0.130. The van der Waals surface area contributed by atoms with Crippen molar-refractivity contribution >= 4 is 9.84 Å². The Morgan fingerprint density at radius 2 is 1.85 bits per heavy atom. The Balaban J connectivity index is 2.56. The van der Waals surface area contributed by atoms with Crippen LogP contribution in [0.3, 0.4) is 0 Å². The number of nitrogens with one attached hydrogen (secondary N) is 1. The lowest BCUT2D eigenvalue weighted by molar-refractivity contribution is 0.0855. The second kappa shape index (κ2) is 7.76. The van der Waals surface area contributed by atoms with Crippen molar-refractivity contribution in [1.82, 2.24) is 10.2 Å². The van der Waals surface area contributed by atoms with E-state index in [0.29, 0.717) is 29.7 Å². The van der Waals surface area contributed by atoms with Gasteiger partial charge in [-0.1, -0.05) is 34.6 Å². The summed E-state index contributed by atoms with van der Waals surface area (Å²) in [4.78, 5) is 2.50. The van der Waals surface area contributed by atoms with Crippen LogP contribution in [0.4, 0.5) is 0 Å². The van der Waals surface area contributed by atoms with Crippen molar-refractivity contribution < 1.29 is 8.42 Å². The lowest BCUT2D eigenvalue weighted by Gasteiger charge is -2.43. The maximum absolute atomic E-state index is 11.6. The number of nitrogens with zero attached hydrogens (tertiary/aromatic N) is 1. The molecule has 0 aromatic carbocycles. The first kappa shape index (κ1) is 17.9. The van der Waals surface area contributed by atoms with Crippen molar-refractivity contribution in [2.45, 2.75) is 53.1 Å². The van der Waals surface area contributed by atoms with Crippen LogP contribution < -0.4 is 5.32 Å². The van der Waals surface area contributed by atoms with Crippen molar-refractivity contribution in [2.24, 2.45) is 11.8 Å². The molecular formula is C15H32N2O2S. The third-order valence-electron chi connectivity index (χ3n) is 4.40. The van der Waals surface area contributed by atoms with Crippen LogP contribution in [0, 0.1) is 11.8 Å². The molecule has 0 saturated carbocycles. The number of piperazine rings is 1. The van der Waals surface area contributed by atoms with Crippen LogP contribution in [0.25, 0.3) is 0 Å². The first-order valence-electron chi connectivity index (χ1n) is 7.94. The van der Waals surface area contributed by atoms with Gasteiger partial charge < -0.3 is 5.32 Å². The molecule has 0 radical (unpaired) electrons. The van der Waals surface area contributed by atoms with Crippen LogP contribution in [-0.4, -0.2) is 56.5 Å². The zero-order valence-corrected chi connectivity index (χ0v) is 14.5. The molecule has 1 N–H and O–H groups in total. The number of hydrogen-bond donors (Lipinski definition) is 1. The van der Waals surface area contributed by atoms with E-state index in [1.807, 2.05) is 0 Å². The van der Waals surface area contributed by atoms with Gasteiger partial charge in [-0.2, -0.15) is 0 Å². The van der Waals surface area contributed by atoms with Crippen LogP contribution in [-0.2, 0) is 9.84 Å². The van der Waals surface area contributed by atoms with Crippen LogP contribution >= 0.6 is 0 Å². The molecule has 1 fully saturated rings. The molecule has 0 spiro atoms. The summed E-state index contributed by atoms with van der Waals surface area (Å²) < 4.78 is 23.2. The van der Waals surface area contributed by atoms with Gasteiger partial charge in [-0.05, 0) is 24.8 Å². The average Bonchev–Trinajstić information content (AvgIpc) is 2.38. The smallest absolute Gasteiger partial charge is 0.150 e. The minimum absolute atomic E-state index is 0.261. The lowest BCUT2D eigenvalue weighted by atomic mass is 9.94. The maximum Gasteiger partial charge on any atom is 0.150 e. The van der Waals surface area contributed by atoms with E-state index in [4.69, 9.17) is 0 Å². The highest BCUT2D eigenvalue weighted by molar-refractivity contribution is 7.91. The molecule has 1 rings (SSSR count). The van der Waals surface area contributed by atoms with Gasteiger partial charge in [0.1, 0.15) is 9.84 Å². The lowest BCUT2D eigenvalue weighted by Crippen LogP contribution is -2.59. The third kappa shape index (κ3) is 5.34. The van der Waals surface area contributed by atoms with E-state index < -0.39 is 9.84 Å². The zero-order chi connectivity index (χ0) is 15.3. The van der Waals surface area contributed by atoms with Gasteiger partial charge >= 0.3 is 0 Å². The monoisotopic (exact) mass is 304 g/mol. The van der Waals surface area contributed by atoms with E-state index in [-0.39, 0.29) is 5.75 Å². The fourth-order valence-electron chi connectivity index (χ4n) is 2.85. The van der Waals surface area contributed by atoms with E-state index >= 15 is 0 Å². The summed E-state index contributed by atoms with van der Waals surface area (Å²) in [7, 11) is -2.83. The minimum atomic E-state index is -2.83. The van der Waals surface area contributed by atoms with Crippen molar-refractivity contribution in [3.8, 4) is 0 Å². The number of hydrogen-bond acceptors (Lipinski definition) is 4. The second-order valence-corrected chi connectivity index (χ2v) is 9.13. The van der Waals surface area contributed by atoms with Gasteiger partial charge in [-0.3, -0.25) is 4.90 Å². The summed E-state index contributed by atoms with van der Waals surface area (Å²) in [6.07, 6.45) is 0.754. The van der Waals surface area contributed by atoms with Gasteiger partial charge in [0, 0.05) is 30.9 Å². The fraction of sp³-hybridized carbons (Fsp3) is 1.00. The Kier molecular flexibility index (Phi) is 6.95. The van der Waals surface area contributed by atoms with E-state index in [1.165, 1.54) is 0 Å². The summed E-state index contributed by atoms with van der Waals surface area (Å²) >= 11 is 0. The molecule has 0 bridgehead atoms. The van der Waals surface area contributed by atoms with E-state index in [2.05, 4.69) is 37.9 Å². The molecule has 4 nitrogen and oxygen atoms in total. The molecule has 1 aliphatic rings. The summed E-state index contributed by atoms with van der Waals surface area (Å²) in [6, 6.07) is 1.04. The topological polar surface area (TPSA) is 49.4 Å². The molecule has 5 heteroatoms. The van der Waals surface area contributed by atoms with Crippen molar-refractivity contribution in [3.05, 3.63) is 0 Å². The SMILES string of the molecule is CCS(=O)(=O)CCCN1CC(C(C)C)NCC1C(C)C.